The Hall–Kier alpha value is -3.96. The van der Waals surface area contributed by atoms with Gasteiger partial charge in [-0.15, -0.1) is 0 Å². The first-order chi connectivity index (χ1) is 17.6. The fourth-order valence-electron chi connectivity index (χ4n) is 3.58. The number of hydrogen-bond acceptors (Lipinski definition) is 7. The number of benzene rings is 2. The first-order valence-corrected chi connectivity index (χ1v) is 11.5. The van der Waals surface area contributed by atoms with Crippen LogP contribution in [0.25, 0.3) is 0 Å². The zero-order chi connectivity index (χ0) is 27.1. The summed E-state index contributed by atoms with van der Waals surface area (Å²) >= 11 is 6.21. The molecule has 3 rings (SSSR count). The molecule has 1 aromatic heterocycles. The highest BCUT2D eigenvalue weighted by atomic mass is 35.5. The molecule has 0 radical (unpaired) electrons. The summed E-state index contributed by atoms with van der Waals surface area (Å²) in [7, 11) is 1.32. The molecule has 1 amide bonds. The van der Waals surface area contributed by atoms with Gasteiger partial charge in [0.1, 0.15) is 5.69 Å². The summed E-state index contributed by atoms with van der Waals surface area (Å²) < 4.78 is 24.9. The van der Waals surface area contributed by atoms with Gasteiger partial charge in [-0.2, -0.15) is 5.10 Å². The summed E-state index contributed by atoms with van der Waals surface area (Å²) in [6, 6.07) is 10.7. The Morgan fingerprint density at radius 2 is 1.92 bits per heavy atom. The molecule has 0 bridgehead atoms. The molecule has 2 aromatic carbocycles. The number of aromatic carboxylic acids is 1. The standard InChI is InChI=1S/C25H25ClFN3O7/c1-3-37-25(35)22(31)18(11-15-6-4-5-7-16(15)26)28-23(32)19-12-20(24(33)34)30(29-19)13-14-8-9-21(36-2)17(27)10-14/h4-10,12,18,22,31H,3,11,13H2,1-2H3,(H,28,32)(H,33,34)/t18-,22-/m1/s1. The average molecular weight is 534 g/mol. The van der Waals surface area contributed by atoms with Gasteiger partial charge in [0, 0.05) is 11.1 Å². The molecule has 0 aliphatic carbocycles. The second-order valence-electron chi connectivity index (χ2n) is 7.92. The number of aliphatic hydroxyl groups excluding tert-OH is 1. The number of nitrogens with one attached hydrogen (secondary N) is 1. The minimum Gasteiger partial charge on any atom is -0.494 e. The number of aromatic nitrogens is 2. The molecule has 10 nitrogen and oxygen atoms in total. The van der Waals surface area contributed by atoms with E-state index in [-0.39, 0.29) is 36.7 Å². The summed E-state index contributed by atoms with van der Waals surface area (Å²) in [5, 5.41) is 27.1. The largest absolute Gasteiger partial charge is 0.494 e. The van der Waals surface area contributed by atoms with Crippen molar-refractivity contribution in [2.75, 3.05) is 13.7 Å². The lowest BCUT2D eigenvalue weighted by Crippen LogP contribution is -2.49. The highest BCUT2D eigenvalue weighted by Crippen LogP contribution is 2.20. The molecule has 12 heteroatoms. The SMILES string of the molecule is CCOC(=O)[C@H](O)[C@@H](Cc1ccccc1Cl)NC(=O)c1cc(C(=O)O)n(Cc2ccc(OC)c(F)c2)n1. The van der Waals surface area contributed by atoms with Gasteiger partial charge in [0.15, 0.2) is 23.4 Å². The van der Waals surface area contributed by atoms with E-state index in [9.17, 15) is 29.0 Å². The van der Waals surface area contributed by atoms with Crippen LogP contribution in [0.4, 0.5) is 4.39 Å². The number of ether oxygens (including phenoxy) is 2. The molecule has 3 N–H and O–H groups in total. The van der Waals surface area contributed by atoms with Crippen molar-refractivity contribution in [1.82, 2.24) is 15.1 Å². The lowest BCUT2D eigenvalue weighted by molar-refractivity contribution is -0.154. The van der Waals surface area contributed by atoms with Crippen molar-refractivity contribution in [2.24, 2.45) is 0 Å². The van der Waals surface area contributed by atoms with Crippen LogP contribution >= 0.6 is 11.6 Å². The van der Waals surface area contributed by atoms with Crippen molar-refractivity contribution < 1.29 is 38.5 Å². The molecule has 37 heavy (non-hydrogen) atoms. The van der Waals surface area contributed by atoms with Crippen molar-refractivity contribution >= 4 is 29.4 Å². The maximum Gasteiger partial charge on any atom is 0.354 e. The van der Waals surface area contributed by atoms with E-state index in [0.29, 0.717) is 16.1 Å². The number of carbonyl (C=O) groups is 3. The second kappa shape index (κ2) is 12.3. The van der Waals surface area contributed by atoms with Gasteiger partial charge >= 0.3 is 11.9 Å². The van der Waals surface area contributed by atoms with Gasteiger partial charge in [-0.05, 0) is 42.7 Å². The second-order valence-corrected chi connectivity index (χ2v) is 8.33. The first-order valence-electron chi connectivity index (χ1n) is 11.2. The average Bonchev–Trinajstić information content (AvgIpc) is 3.29. The molecular formula is C25H25ClFN3O7. The van der Waals surface area contributed by atoms with E-state index < -0.39 is 35.8 Å². The smallest absolute Gasteiger partial charge is 0.354 e. The van der Waals surface area contributed by atoms with Crippen LogP contribution in [-0.4, -0.2) is 63.7 Å². The van der Waals surface area contributed by atoms with Gasteiger partial charge in [0.25, 0.3) is 5.91 Å². The number of aliphatic hydroxyl groups is 1. The number of hydrogen-bond donors (Lipinski definition) is 3. The van der Waals surface area contributed by atoms with Crippen molar-refractivity contribution in [1.29, 1.82) is 0 Å². The summed E-state index contributed by atoms with van der Waals surface area (Å²) in [6.07, 6.45) is -1.76. The molecular weight excluding hydrogens is 509 g/mol. The third kappa shape index (κ3) is 6.83. The van der Waals surface area contributed by atoms with Gasteiger partial charge in [0.2, 0.25) is 0 Å². The molecule has 2 atom stereocenters. The molecule has 0 fully saturated rings. The Morgan fingerprint density at radius 3 is 2.54 bits per heavy atom. The number of carboxylic acid groups (broad SMARTS) is 1. The van der Waals surface area contributed by atoms with Crippen LogP contribution in [0, 0.1) is 5.82 Å². The summed E-state index contributed by atoms with van der Waals surface area (Å²) in [4.78, 5) is 37.0. The van der Waals surface area contributed by atoms with Crippen molar-refractivity contribution in [3.8, 4) is 5.75 Å². The highest BCUT2D eigenvalue weighted by molar-refractivity contribution is 6.31. The number of esters is 1. The molecule has 0 aliphatic heterocycles. The van der Waals surface area contributed by atoms with E-state index >= 15 is 0 Å². The normalized spacial score (nSPS) is 12.5. The molecule has 0 aliphatic rings. The van der Waals surface area contributed by atoms with E-state index in [0.717, 1.165) is 10.7 Å². The summed E-state index contributed by atoms with van der Waals surface area (Å²) in [6.45, 7) is 1.44. The van der Waals surface area contributed by atoms with Gasteiger partial charge < -0.3 is 25.0 Å². The Balaban J connectivity index is 1.87. The molecule has 196 valence electrons. The van der Waals surface area contributed by atoms with Crippen LogP contribution in [0.3, 0.4) is 0 Å². The number of carbonyl (C=O) groups excluding carboxylic acids is 2. The molecule has 1 heterocycles. The molecule has 3 aromatic rings. The maximum atomic E-state index is 14.1. The fraction of sp³-hybridized carbons (Fsp3) is 0.280. The Bertz CT molecular complexity index is 1300. The van der Waals surface area contributed by atoms with Crippen LogP contribution in [0.1, 0.15) is 39.0 Å². The predicted octanol–water partition coefficient (Wildman–Crippen LogP) is 2.70. The van der Waals surface area contributed by atoms with Gasteiger partial charge in [-0.1, -0.05) is 35.9 Å². The first kappa shape index (κ1) is 27.6. The lowest BCUT2D eigenvalue weighted by Gasteiger charge is -2.23. The summed E-state index contributed by atoms with van der Waals surface area (Å²) in [5.41, 5.74) is 0.322. The zero-order valence-corrected chi connectivity index (χ0v) is 20.7. The monoisotopic (exact) mass is 533 g/mol. The Labute approximate surface area is 216 Å². The van der Waals surface area contributed by atoms with Crippen LogP contribution in [0.2, 0.25) is 5.02 Å². The minimum absolute atomic E-state index is 0.0149. The molecule has 0 unspecified atom stereocenters. The Kier molecular flexibility index (Phi) is 9.20. The lowest BCUT2D eigenvalue weighted by atomic mass is 10.0. The van der Waals surface area contributed by atoms with E-state index in [4.69, 9.17) is 21.1 Å². The highest BCUT2D eigenvalue weighted by Gasteiger charge is 2.31. The van der Waals surface area contributed by atoms with E-state index in [1.54, 1.807) is 31.2 Å². The van der Waals surface area contributed by atoms with Gasteiger partial charge in [-0.3, -0.25) is 9.48 Å². The topological polar surface area (TPSA) is 140 Å². The number of carboxylic acids is 1. The third-order valence-electron chi connectivity index (χ3n) is 5.40. The minimum atomic E-state index is -1.73. The molecule has 0 spiro atoms. The quantitative estimate of drug-likeness (QED) is 0.320. The van der Waals surface area contributed by atoms with Gasteiger partial charge in [-0.25, -0.2) is 14.0 Å². The van der Waals surface area contributed by atoms with Crippen LogP contribution in [-0.2, 0) is 22.5 Å². The Morgan fingerprint density at radius 1 is 1.19 bits per heavy atom. The van der Waals surface area contributed by atoms with Crippen molar-refractivity contribution in [3.63, 3.8) is 0 Å². The van der Waals surface area contributed by atoms with Crippen LogP contribution < -0.4 is 10.1 Å². The van der Waals surface area contributed by atoms with E-state index in [1.165, 1.54) is 25.3 Å². The van der Waals surface area contributed by atoms with Crippen molar-refractivity contribution in [2.45, 2.75) is 32.0 Å². The summed E-state index contributed by atoms with van der Waals surface area (Å²) in [5.74, 6) is -3.77. The number of methoxy groups -OCH3 is 1. The van der Waals surface area contributed by atoms with Crippen molar-refractivity contribution in [3.05, 3.63) is 81.9 Å². The van der Waals surface area contributed by atoms with Crippen LogP contribution in [0.15, 0.2) is 48.5 Å². The van der Waals surface area contributed by atoms with E-state index in [2.05, 4.69) is 10.4 Å². The number of amides is 1. The molecule has 0 saturated heterocycles. The third-order valence-corrected chi connectivity index (χ3v) is 5.77. The number of halogens is 2. The zero-order valence-electron chi connectivity index (χ0n) is 20.0. The molecule has 0 saturated carbocycles. The predicted molar refractivity (Wildman–Crippen MR) is 130 cm³/mol. The fourth-order valence-corrected chi connectivity index (χ4v) is 3.79. The number of nitrogens with zero attached hydrogens (tertiary/aromatic N) is 2. The maximum absolute atomic E-state index is 14.1. The van der Waals surface area contributed by atoms with Gasteiger partial charge in [0.05, 0.1) is 26.3 Å². The number of rotatable bonds is 11. The van der Waals surface area contributed by atoms with Crippen LogP contribution in [0.5, 0.6) is 5.75 Å². The van der Waals surface area contributed by atoms with E-state index in [1.807, 2.05) is 0 Å².